The van der Waals surface area contributed by atoms with Crippen molar-refractivity contribution in [3.8, 4) is 0 Å². The Morgan fingerprint density at radius 3 is 2.91 bits per heavy atom. The Kier molecular flexibility index (Phi) is 3.52. The number of unbranched alkanes of at least 4 members (excludes halogenated alkanes) is 1. The third-order valence-electron chi connectivity index (χ3n) is 1.55. The van der Waals surface area contributed by atoms with Gasteiger partial charge in [-0.15, -0.1) is 11.3 Å². The molecule has 1 heterocycles. The number of aryl methyl sites for hydroxylation is 2. The quantitative estimate of drug-likeness (QED) is 0.699. The first-order valence-electron chi connectivity index (χ1n) is 3.94. The molecule has 0 radical (unpaired) electrons. The number of hydrogen-bond acceptors (Lipinski definition) is 3. The van der Waals surface area contributed by atoms with Crippen LogP contribution in [-0.2, 0) is 6.42 Å². The summed E-state index contributed by atoms with van der Waals surface area (Å²) in [5.74, 6) is 0. The molecule has 0 unspecified atom stereocenters. The maximum Gasteiger partial charge on any atom is 0.0897 e. The Balaban J connectivity index is 2.27. The van der Waals surface area contributed by atoms with Gasteiger partial charge in [0.05, 0.1) is 10.7 Å². The molecule has 0 aliphatic heterocycles. The molecule has 0 spiro atoms. The Hall–Kier alpha value is -0.410. The van der Waals surface area contributed by atoms with Gasteiger partial charge in [-0.2, -0.15) is 0 Å². The second-order valence-corrected chi connectivity index (χ2v) is 3.67. The van der Waals surface area contributed by atoms with Crippen molar-refractivity contribution >= 4 is 11.3 Å². The van der Waals surface area contributed by atoms with Crippen molar-refractivity contribution in [1.82, 2.24) is 4.98 Å². The summed E-state index contributed by atoms with van der Waals surface area (Å²) in [6.07, 6.45) is 3.36. The first-order valence-corrected chi connectivity index (χ1v) is 4.82. The van der Waals surface area contributed by atoms with Gasteiger partial charge in [-0.25, -0.2) is 4.98 Å². The second kappa shape index (κ2) is 4.46. The van der Waals surface area contributed by atoms with E-state index in [4.69, 9.17) is 5.73 Å². The molecule has 2 N–H and O–H groups in total. The highest BCUT2D eigenvalue weighted by atomic mass is 32.1. The fourth-order valence-electron chi connectivity index (χ4n) is 0.974. The average Bonchev–Trinajstić information content (AvgIpc) is 2.37. The van der Waals surface area contributed by atoms with Crippen LogP contribution < -0.4 is 5.73 Å². The van der Waals surface area contributed by atoms with Crippen LogP contribution >= 0.6 is 11.3 Å². The molecule has 0 atom stereocenters. The lowest BCUT2D eigenvalue weighted by molar-refractivity contribution is 0.734. The van der Waals surface area contributed by atoms with E-state index in [9.17, 15) is 0 Å². The fraction of sp³-hybridized carbons (Fsp3) is 0.625. The van der Waals surface area contributed by atoms with Crippen LogP contribution in [0.4, 0.5) is 0 Å². The molecule has 3 heteroatoms. The zero-order valence-electron chi connectivity index (χ0n) is 6.84. The van der Waals surface area contributed by atoms with Crippen LogP contribution in [0.5, 0.6) is 0 Å². The molecule has 0 amide bonds. The SMILES string of the molecule is Cc1nc(CCCCN)cs1. The number of rotatable bonds is 4. The van der Waals surface area contributed by atoms with Crippen molar-refractivity contribution in [3.05, 3.63) is 16.1 Å². The van der Waals surface area contributed by atoms with E-state index in [-0.39, 0.29) is 0 Å². The molecular weight excluding hydrogens is 156 g/mol. The maximum atomic E-state index is 5.38. The van der Waals surface area contributed by atoms with Crippen LogP contribution in [0.25, 0.3) is 0 Å². The van der Waals surface area contributed by atoms with Gasteiger partial charge in [0, 0.05) is 5.38 Å². The summed E-state index contributed by atoms with van der Waals surface area (Å²) in [6.45, 7) is 2.83. The van der Waals surface area contributed by atoms with Crippen molar-refractivity contribution in [2.24, 2.45) is 5.73 Å². The van der Waals surface area contributed by atoms with Crippen LogP contribution in [0.3, 0.4) is 0 Å². The third kappa shape index (κ3) is 2.99. The van der Waals surface area contributed by atoms with Gasteiger partial charge in [0.2, 0.25) is 0 Å². The molecule has 0 saturated heterocycles. The normalized spacial score (nSPS) is 10.4. The van der Waals surface area contributed by atoms with Gasteiger partial charge in [-0.3, -0.25) is 0 Å². The lowest BCUT2D eigenvalue weighted by Gasteiger charge is -1.93. The number of thiazole rings is 1. The molecule has 0 fully saturated rings. The van der Waals surface area contributed by atoms with E-state index >= 15 is 0 Å². The molecule has 1 aromatic heterocycles. The minimum Gasteiger partial charge on any atom is -0.330 e. The van der Waals surface area contributed by atoms with Gasteiger partial charge in [0.1, 0.15) is 0 Å². The van der Waals surface area contributed by atoms with E-state index in [2.05, 4.69) is 10.4 Å². The highest BCUT2D eigenvalue weighted by Crippen LogP contribution is 2.09. The number of nitrogens with zero attached hydrogens (tertiary/aromatic N) is 1. The average molecular weight is 170 g/mol. The van der Waals surface area contributed by atoms with Crippen molar-refractivity contribution in [2.45, 2.75) is 26.2 Å². The van der Waals surface area contributed by atoms with Gasteiger partial charge in [-0.05, 0) is 32.7 Å². The lowest BCUT2D eigenvalue weighted by Crippen LogP contribution is -1.98. The highest BCUT2D eigenvalue weighted by Gasteiger charge is 1.96. The summed E-state index contributed by atoms with van der Waals surface area (Å²) in [5, 5.41) is 3.29. The van der Waals surface area contributed by atoms with Crippen LogP contribution in [0.1, 0.15) is 23.5 Å². The monoisotopic (exact) mass is 170 g/mol. The van der Waals surface area contributed by atoms with E-state index in [1.54, 1.807) is 11.3 Å². The molecule has 0 aliphatic carbocycles. The number of nitrogens with two attached hydrogens (primary N) is 1. The fourth-order valence-corrected chi connectivity index (χ4v) is 1.62. The van der Waals surface area contributed by atoms with E-state index in [0.29, 0.717) is 0 Å². The predicted molar refractivity (Wildman–Crippen MR) is 48.8 cm³/mol. The molecule has 0 bridgehead atoms. The second-order valence-electron chi connectivity index (χ2n) is 2.60. The van der Waals surface area contributed by atoms with Crippen molar-refractivity contribution in [3.63, 3.8) is 0 Å². The van der Waals surface area contributed by atoms with E-state index in [1.165, 1.54) is 12.1 Å². The topological polar surface area (TPSA) is 38.9 Å². The lowest BCUT2D eigenvalue weighted by atomic mass is 10.2. The molecule has 11 heavy (non-hydrogen) atoms. The van der Waals surface area contributed by atoms with Gasteiger partial charge < -0.3 is 5.73 Å². The summed E-state index contributed by atoms with van der Waals surface area (Å²) >= 11 is 1.72. The first-order chi connectivity index (χ1) is 5.33. The largest absolute Gasteiger partial charge is 0.330 e. The summed E-state index contributed by atoms with van der Waals surface area (Å²) in [6, 6.07) is 0. The number of aromatic nitrogens is 1. The highest BCUT2D eigenvalue weighted by molar-refractivity contribution is 7.09. The van der Waals surface area contributed by atoms with Crippen molar-refractivity contribution in [1.29, 1.82) is 0 Å². The molecule has 1 rings (SSSR count). The zero-order chi connectivity index (χ0) is 8.10. The third-order valence-corrected chi connectivity index (χ3v) is 2.38. The Morgan fingerprint density at radius 2 is 2.36 bits per heavy atom. The molecule has 2 nitrogen and oxygen atoms in total. The van der Waals surface area contributed by atoms with Crippen molar-refractivity contribution in [2.75, 3.05) is 6.54 Å². The summed E-state index contributed by atoms with van der Waals surface area (Å²) in [5.41, 5.74) is 6.60. The van der Waals surface area contributed by atoms with E-state index in [1.807, 2.05) is 6.92 Å². The Morgan fingerprint density at radius 1 is 1.55 bits per heavy atom. The Labute approximate surface area is 71.5 Å². The van der Waals surface area contributed by atoms with Gasteiger partial charge >= 0.3 is 0 Å². The zero-order valence-corrected chi connectivity index (χ0v) is 7.66. The van der Waals surface area contributed by atoms with Crippen LogP contribution in [0.2, 0.25) is 0 Å². The standard InChI is InChI=1S/C8H14N2S/c1-7-10-8(6-11-7)4-2-3-5-9/h6H,2-5,9H2,1H3. The van der Waals surface area contributed by atoms with Gasteiger partial charge in [0.15, 0.2) is 0 Å². The van der Waals surface area contributed by atoms with Crippen LogP contribution in [-0.4, -0.2) is 11.5 Å². The molecule has 62 valence electrons. The minimum atomic E-state index is 0.795. The summed E-state index contributed by atoms with van der Waals surface area (Å²) < 4.78 is 0. The van der Waals surface area contributed by atoms with E-state index in [0.717, 1.165) is 24.4 Å². The Bertz CT molecular complexity index is 208. The summed E-state index contributed by atoms with van der Waals surface area (Å²) in [4.78, 5) is 4.36. The van der Waals surface area contributed by atoms with Gasteiger partial charge in [0.25, 0.3) is 0 Å². The molecular formula is C8H14N2S. The predicted octanol–water partition coefficient (Wildman–Crippen LogP) is 1.73. The molecule has 0 saturated carbocycles. The molecule has 1 aromatic rings. The molecule has 0 aliphatic rings. The summed E-state index contributed by atoms with van der Waals surface area (Å²) in [7, 11) is 0. The van der Waals surface area contributed by atoms with Crippen molar-refractivity contribution < 1.29 is 0 Å². The molecule has 0 aromatic carbocycles. The maximum absolute atomic E-state index is 5.38. The van der Waals surface area contributed by atoms with Gasteiger partial charge in [-0.1, -0.05) is 0 Å². The van der Waals surface area contributed by atoms with Crippen LogP contribution in [0.15, 0.2) is 5.38 Å². The van der Waals surface area contributed by atoms with Crippen LogP contribution in [0, 0.1) is 6.92 Å². The van der Waals surface area contributed by atoms with E-state index < -0.39 is 0 Å². The number of hydrogen-bond donors (Lipinski definition) is 1. The first kappa shape index (κ1) is 8.68. The minimum absolute atomic E-state index is 0.795. The smallest absolute Gasteiger partial charge is 0.0897 e.